The maximum Gasteiger partial charge on any atom is 0.313 e. The third-order valence-electron chi connectivity index (χ3n) is 6.01. The molecule has 1 saturated heterocycles. The first-order valence-electron chi connectivity index (χ1n) is 9.64. The highest BCUT2D eigenvalue weighted by atomic mass is 16.5. The second-order valence-electron chi connectivity index (χ2n) is 7.61. The summed E-state index contributed by atoms with van der Waals surface area (Å²) in [6, 6.07) is 11.4. The van der Waals surface area contributed by atoms with Crippen molar-refractivity contribution in [1.29, 1.82) is 0 Å². The van der Waals surface area contributed by atoms with Crippen LogP contribution in [0.2, 0.25) is 0 Å². The Labute approximate surface area is 146 Å². The Morgan fingerprint density at radius 1 is 1.08 bits per heavy atom. The van der Waals surface area contributed by atoms with Crippen LogP contribution in [0.1, 0.15) is 63.9 Å². The van der Waals surface area contributed by atoms with Gasteiger partial charge in [0.25, 0.3) is 0 Å². The van der Waals surface area contributed by atoms with E-state index in [2.05, 4.69) is 30.9 Å². The van der Waals surface area contributed by atoms with Crippen LogP contribution in [0.4, 0.5) is 0 Å². The Morgan fingerprint density at radius 2 is 1.71 bits per heavy atom. The molecule has 1 aromatic rings. The van der Waals surface area contributed by atoms with E-state index in [9.17, 15) is 4.79 Å². The molecule has 1 aliphatic heterocycles. The summed E-state index contributed by atoms with van der Waals surface area (Å²) in [5, 5.41) is 0. The van der Waals surface area contributed by atoms with Crippen LogP contribution in [0.3, 0.4) is 0 Å². The zero-order chi connectivity index (χ0) is 16.9. The van der Waals surface area contributed by atoms with E-state index in [-0.39, 0.29) is 11.9 Å². The summed E-state index contributed by atoms with van der Waals surface area (Å²) in [6.07, 6.45) is 7.28. The van der Waals surface area contributed by atoms with Crippen molar-refractivity contribution in [3.63, 3.8) is 0 Å². The smallest absolute Gasteiger partial charge is 0.313 e. The fourth-order valence-corrected chi connectivity index (χ4v) is 4.58. The number of likely N-dealkylation sites (tertiary alicyclic amines) is 1. The van der Waals surface area contributed by atoms with Gasteiger partial charge in [-0.3, -0.25) is 9.69 Å². The van der Waals surface area contributed by atoms with Gasteiger partial charge in [-0.1, -0.05) is 43.2 Å². The van der Waals surface area contributed by atoms with Crippen LogP contribution in [0, 0.1) is 5.92 Å². The number of nitrogens with zero attached hydrogens (tertiary/aromatic N) is 1. The van der Waals surface area contributed by atoms with E-state index in [0.717, 1.165) is 24.9 Å². The molecule has 3 nitrogen and oxygen atoms in total. The van der Waals surface area contributed by atoms with Crippen LogP contribution in [0.15, 0.2) is 30.3 Å². The van der Waals surface area contributed by atoms with Gasteiger partial charge in [-0.25, -0.2) is 0 Å². The molecule has 0 radical (unpaired) electrons. The van der Waals surface area contributed by atoms with Crippen LogP contribution in [0.25, 0.3) is 0 Å². The van der Waals surface area contributed by atoms with E-state index in [1.165, 1.54) is 25.7 Å². The number of esters is 1. The number of carbonyl (C=O) groups excluding carboxylic acids is 1. The third kappa shape index (κ3) is 4.00. The van der Waals surface area contributed by atoms with Crippen molar-refractivity contribution in [3.05, 3.63) is 35.9 Å². The summed E-state index contributed by atoms with van der Waals surface area (Å²) in [7, 11) is 0. The summed E-state index contributed by atoms with van der Waals surface area (Å²) in [5.74, 6) is 0.347. The largest absolute Gasteiger partial charge is 0.464 e. The predicted octanol–water partition coefficient (Wildman–Crippen LogP) is 4.38. The van der Waals surface area contributed by atoms with Crippen molar-refractivity contribution in [2.24, 2.45) is 5.92 Å². The van der Waals surface area contributed by atoms with Crippen molar-refractivity contribution in [2.45, 2.75) is 70.4 Å². The lowest BCUT2D eigenvalue weighted by atomic mass is 9.85. The molecule has 3 unspecified atom stereocenters. The van der Waals surface area contributed by atoms with E-state index in [1.54, 1.807) is 0 Å². The van der Waals surface area contributed by atoms with Gasteiger partial charge in [-0.2, -0.15) is 0 Å². The topological polar surface area (TPSA) is 29.5 Å². The number of hydrogen-bond donors (Lipinski definition) is 0. The van der Waals surface area contributed by atoms with Gasteiger partial charge in [0, 0.05) is 18.6 Å². The molecule has 0 aromatic heterocycles. The molecule has 1 heterocycles. The average molecular weight is 329 g/mol. The Balaban J connectivity index is 1.59. The summed E-state index contributed by atoms with van der Waals surface area (Å²) in [6.45, 7) is 5.93. The molecule has 3 atom stereocenters. The van der Waals surface area contributed by atoms with E-state index in [4.69, 9.17) is 4.74 Å². The Kier molecular flexibility index (Phi) is 5.94. The van der Waals surface area contributed by atoms with Gasteiger partial charge in [0.1, 0.15) is 6.61 Å². The minimum atomic E-state index is -0.0814. The highest BCUT2D eigenvalue weighted by Crippen LogP contribution is 2.38. The average Bonchev–Trinajstić information content (AvgIpc) is 3.21. The Morgan fingerprint density at radius 3 is 2.33 bits per heavy atom. The van der Waals surface area contributed by atoms with E-state index >= 15 is 0 Å². The lowest BCUT2D eigenvalue weighted by molar-refractivity contribution is -0.147. The van der Waals surface area contributed by atoms with Crippen molar-refractivity contribution < 1.29 is 9.53 Å². The molecule has 2 fully saturated rings. The molecule has 2 aliphatic rings. The highest BCUT2D eigenvalue weighted by Gasteiger charge is 2.33. The standard InChI is InChI=1S/C21H31NO2/c1-16-12-13-17(2)22(16)14-15-24-21(23)20(19-10-6-7-11-19)18-8-4-3-5-9-18/h3-5,8-9,16-17,19-20H,6-7,10-15H2,1-2H3. The van der Waals surface area contributed by atoms with Crippen LogP contribution in [-0.4, -0.2) is 36.1 Å². The number of ether oxygens (including phenoxy) is 1. The van der Waals surface area contributed by atoms with Crippen LogP contribution >= 0.6 is 0 Å². The maximum absolute atomic E-state index is 12.8. The van der Waals surface area contributed by atoms with Gasteiger partial charge in [-0.05, 0) is 51.0 Å². The first-order valence-corrected chi connectivity index (χ1v) is 9.64. The van der Waals surface area contributed by atoms with Crippen LogP contribution < -0.4 is 0 Å². The highest BCUT2D eigenvalue weighted by molar-refractivity contribution is 5.78. The maximum atomic E-state index is 12.8. The second kappa shape index (κ2) is 8.15. The molecule has 0 bridgehead atoms. The molecule has 24 heavy (non-hydrogen) atoms. The fraction of sp³-hybridized carbons (Fsp3) is 0.667. The summed E-state index contributed by atoms with van der Waals surface area (Å²) in [5.41, 5.74) is 1.12. The molecule has 3 heteroatoms. The van der Waals surface area contributed by atoms with Gasteiger partial charge in [0.15, 0.2) is 0 Å². The molecule has 3 rings (SSSR count). The zero-order valence-corrected chi connectivity index (χ0v) is 15.1. The molecule has 1 aliphatic carbocycles. The van der Waals surface area contributed by atoms with Gasteiger partial charge in [0.2, 0.25) is 0 Å². The van der Waals surface area contributed by atoms with E-state index < -0.39 is 0 Å². The lowest BCUT2D eigenvalue weighted by Gasteiger charge is -2.27. The normalized spacial score (nSPS) is 26.6. The molecule has 1 saturated carbocycles. The zero-order valence-electron chi connectivity index (χ0n) is 15.1. The van der Waals surface area contributed by atoms with Gasteiger partial charge >= 0.3 is 5.97 Å². The quantitative estimate of drug-likeness (QED) is 0.726. The summed E-state index contributed by atoms with van der Waals surface area (Å²) in [4.78, 5) is 15.3. The SMILES string of the molecule is CC1CCC(C)N1CCOC(=O)C(c1ccccc1)C1CCCC1. The molecular weight excluding hydrogens is 298 g/mol. The number of hydrogen-bond acceptors (Lipinski definition) is 3. The number of carbonyl (C=O) groups is 1. The molecular formula is C21H31NO2. The first-order chi connectivity index (χ1) is 11.7. The predicted molar refractivity (Wildman–Crippen MR) is 97.0 cm³/mol. The monoisotopic (exact) mass is 329 g/mol. The van der Waals surface area contributed by atoms with Crippen molar-refractivity contribution in [2.75, 3.05) is 13.2 Å². The Bertz CT molecular complexity index is 514. The van der Waals surface area contributed by atoms with Gasteiger partial charge in [-0.15, -0.1) is 0 Å². The minimum Gasteiger partial charge on any atom is -0.464 e. The molecule has 0 amide bonds. The van der Waals surface area contributed by atoms with Crippen LogP contribution in [-0.2, 0) is 9.53 Å². The second-order valence-corrected chi connectivity index (χ2v) is 7.61. The number of rotatable bonds is 6. The lowest BCUT2D eigenvalue weighted by Crippen LogP contribution is -2.36. The Hall–Kier alpha value is -1.35. The molecule has 0 spiro atoms. The molecule has 0 N–H and O–H groups in total. The fourth-order valence-electron chi connectivity index (χ4n) is 4.58. The van der Waals surface area contributed by atoms with E-state index in [1.807, 2.05) is 18.2 Å². The molecule has 132 valence electrons. The van der Waals surface area contributed by atoms with Gasteiger partial charge in [0.05, 0.1) is 5.92 Å². The number of benzene rings is 1. The minimum absolute atomic E-state index is 0.0207. The summed E-state index contributed by atoms with van der Waals surface area (Å²) >= 11 is 0. The van der Waals surface area contributed by atoms with Crippen molar-refractivity contribution in [1.82, 2.24) is 4.90 Å². The van der Waals surface area contributed by atoms with E-state index in [0.29, 0.717) is 24.6 Å². The third-order valence-corrected chi connectivity index (χ3v) is 6.01. The molecule has 1 aromatic carbocycles. The van der Waals surface area contributed by atoms with Gasteiger partial charge < -0.3 is 4.74 Å². The first kappa shape index (κ1) is 17.5. The summed E-state index contributed by atoms with van der Waals surface area (Å²) < 4.78 is 5.75. The van der Waals surface area contributed by atoms with Crippen molar-refractivity contribution >= 4 is 5.97 Å². The van der Waals surface area contributed by atoms with Crippen LogP contribution in [0.5, 0.6) is 0 Å². The van der Waals surface area contributed by atoms with Crippen molar-refractivity contribution in [3.8, 4) is 0 Å².